The lowest BCUT2D eigenvalue weighted by molar-refractivity contribution is -0.145. The molecule has 0 aromatic heterocycles. The molecule has 1 aliphatic rings. The summed E-state index contributed by atoms with van der Waals surface area (Å²) in [6.07, 6.45) is 4.04. The van der Waals surface area contributed by atoms with Crippen LogP contribution in [0.25, 0.3) is 0 Å². The predicted molar refractivity (Wildman–Crippen MR) is 88.6 cm³/mol. The maximum atomic E-state index is 11.5. The minimum Gasteiger partial charge on any atom is -0.481 e. The summed E-state index contributed by atoms with van der Waals surface area (Å²) in [5.41, 5.74) is 0. The fourth-order valence-corrected chi connectivity index (χ4v) is 4.40. The van der Waals surface area contributed by atoms with Gasteiger partial charge < -0.3 is 5.11 Å². The van der Waals surface area contributed by atoms with Crippen LogP contribution in [-0.4, -0.2) is 16.8 Å². The Bertz CT molecular complexity index is 444. The molecule has 1 aliphatic carbocycles. The predicted octanol–water partition coefficient (Wildman–Crippen LogP) is 4.94. The van der Waals surface area contributed by atoms with Crippen molar-refractivity contribution >= 4 is 17.7 Å². The molecule has 116 valence electrons. The van der Waals surface area contributed by atoms with E-state index in [1.807, 2.05) is 17.8 Å². The molecule has 1 saturated carbocycles. The zero-order valence-corrected chi connectivity index (χ0v) is 13.8. The van der Waals surface area contributed by atoms with Gasteiger partial charge in [0.2, 0.25) is 0 Å². The molecule has 1 N–H and O–H groups in total. The third-order valence-electron chi connectivity index (χ3n) is 4.78. The van der Waals surface area contributed by atoms with Crippen molar-refractivity contribution in [2.45, 2.75) is 44.4 Å². The Hall–Kier alpha value is -0.960. The van der Waals surface area contributed by atoms with Crippen LogP contribution >= 0.6 is 11.8 Å². The van der Waals surface area contributed by atoms with E-state index in [-0.39, 0.29) is 5.92 Å². The Morgan fingerprint density at radius 1 is 1.29 bits per heavy atom. The molecule has 3 unspecified atom stereocenters. The Morgan fingerprint density at radius 2 is 2.00 bits per heavy atom. The van der Waals surface area contributed by atoms with E-state index in [9.17, 15) is 9.90 Å². The quantitative estimate of drug-likeness (QED) is 0.756. The molecule has 1 fully saturated rings. The van der Waals surface area contributed by atoms with Gasteiger partial charge >= 0.3 is 5.97 Å². The third-order valence-corrected chi connectivity index (χ3v) is 5.83. The Labute approximate surface area is 132 Å². The standard InChI is InChI=1S/C18H26O2S/c1-13(2)14-8-9-17(18(19)20)15(12-14)10-11-21-16-6-4-3-5-7-16/h3-7,13-15,17H,8-12H2,1-2H3,(H,19,20). The minimum absolute atomic E-state index is 0.128. The van der Waals surface area contributed by atoms with Gasteiger partial charge in [-0.1, -0.05) is 32.0 Å². The summed E-state index contributed by atoms with van der Waals surface area (Å²) in [6, 6.07) is 10.4. The molecule has 0 heterocycles. The van der Waals surface area contributed by atoms with Crippen LogP contribution in [0, 0.1) is 23.7 Å². The van der Waals surface area contributed by atoms with E-state index in [4.69, 9.17) is 0 Å². The van der Waals surface area contributed by atoms with Gasteiger partial charge in [0.05, 0.1) is 5.92 Å². The maximum Gasteiger partial charge on any atom is 0.306 e. The molecule has 0 bridgehead atoms. The summed E-state index contributed by atoms with van der Waals surface area (Å²) in [4.78, 5) is 12.7. The topological polar surface area (TPSA) is 37.3 Å². The van der Waals surface area contributed by atoms with E-state index in [0.717, 1.165) is 31.4 Å². The fraction of sp³-hybridized carbons (Fsp3) is 0.611. The number of benzene rings is 1. The number of hydrogen-bond donors (Lipinski definition) is 1. The molecule has 3 heteroatoms. The molecule has 1 aromatic carbocycles. The van der Waals surface area contributed by atoms with Gasteiger partial charge in [0.25, 0.3) is 0 Å². The number of carbonyl (C=O) groups is 1. The van der Waals surface area contributed by atoms with Crippen LogP contribution in [0.3, 0.4) is 0 Å². The second-order valence-corrected chi connectivity index (χ2v) is 7.64. The highest BCUT2D eigenvalue weighted by molar-refractivity contribution is 7.99. The first-order valence-corrected chi connectivity index (χ1v) is 8.97. The van der Waals surface area contributed by atoms with Gasteiger partial charge in [0.1, 0.15) is 0 Å². The number of carboxylic acid groups (broad SMARTS) is 1. The molecule has 1 aromatic rings. The summed E-state index contributed by atoms with van der Waals surface area (Å²) in [7, 11) is 0. The molecule has 0 aliphatic heterocycles. The average Bonchev–Trinajstić information content (AvgIpc) is 2.48. The number of thioether (sulfide) groups is 1. The Kier molecular flexibility index (Phi) is 6.16. The largest absolute Gasteiger partial charge is 0.481 e. The fourth-order valence-electron chi connectivity index (χ4n) is 3.39. The summed E-state index contributed by atoms with van der Waals surface area (Å²) in [6.45, 7) is 4.53. The summed E-state index contributed by atoms with van der Waals surface area (Å²) >= 11 is 1.84. The van der Waals surface area contributed by atoms with Crippen molar-refractivity contribution in [3.05, 3.63) is 30.3 Å². The lowest BCUT2D eigenvalue weighted by Gasteiger charge is -2.36. The lowest BCUT2D eigenvalue weighted by atomic mass is 9.70. The van der Waals surface area contributed by atoms with E-state index in [2.05, 4.69) is 38.1 Å². The van der Waals surface area contributed by atoms with Crippen molar-refractivity contribution in [2.24, 2.45) is 23.7 Å². The van der Waals surface area contributed by atoms with E-state index in [1.165, 1.54) is 4.90 Å². The van der Waals surface area contributed by atoms with Gasteiger partial charge in [0, 0.05) is 4.90 Å². The van der Waals surface area contributed by atoms with Crippen molar-refractivity contribution in [3.8, 4) is 0 Å². The van der Waals surface area contributed by atoms with Crippen LogP contribution < -0.4 is 0 Å². The first kappa shape index (κ1) is 16.4. The Balaban J connectivity index is 1.89. The van der Waals surface area contributed by atoms with Crippen LogP contribution in [0.1, 0.15) is 39.5 Å². The Morgan fingerprint density at radius 3 is 2.62 bits per heavy atom. The molecule has 0 saturated heterocycles. The normalized spacial score (nSPS) is 26.0. The first-order chi connectivity index (χ1) is 10.1. The van der Waals surface area contributed by atoms with Crippen LogP contribution in [0.4, 0.5) is 0 Å². The first-order valence-electron chi connectivity index (χ1n) is 7.98. The smallest absolute Gasteiger partial charge is 0.306 e. The van der Waals surface area contributed by atoms with Crippen molar-refractivity contribution in [1.29, 1.82) is 0 Å². The van der Waals surface area contributed by atoms with Crippen LogP contribution in [0.15, 0.2) is 35.2 Å². The molecule has 21 heavy (non-hydrogen) atoms. The number of hydrogen-bond acceptors (Lipinski definition) is 2. The zero-order valence-electron chi connectivity index (χ0n) is 13.0. The molecule has 3 atom stereocenters. The highest BCUT2D eigenvalue weighted by Gasteiger charge is 2.35. The van der Waals surface area contributed by atoms with Crippen molar-refractivity contribution in [1.82, 2.24) is 0 Å². The molecule has 2 rings (SSSR count). The summed E-state index contributed by atoms with van der Waals surface area (Å²) in [5, 5.41) is 9.44. The van der Waals surface area contributed by atoms with Gasteiger partial charge in [-0.3, -0.25) is 4.79 Å². The van der Waals surface area contributed by atoms with E-state index in [0.29, 0.717) is 17.8 Å². The monoisotopic (exact) mass is 306 g/mol. The van der Waals surface area contributed by atoms with Crippen LogP contribution in [0.5, 0.6) is 0 Å². The highest BCUT2D eigenvalue weighted by Crippen LogP contribution is 2.40. The van der Waals surface area contributed by atoms with E-state index in [1.54, 1.807) is 0 Å². The van der Waals surface area contributed by atoms with E-state index < -0.39 is 5.97 Å². The number of aliphatic carboxylic acids is 1. The summed E-state index contributed by atoms with van der Waals surface area (Å²) < 4.78 is 0. The molecule has 0 spiro atoms. The third kappa shape index (κ3) is 4.77. The average molecular weight is 306 g/mol. The van der Waals surface area contributed by atoms with Gasteiger partial charge in [-0.15, -0.1) is 11.8 Å². The summed E-state index contributed by atoms with van der Waals surface area (Å²) in [5.74, 6) is 2.02. The van der Waals surface area contributed by atoms with Gasteiger partial charge in [-0.2, -0.15) is 0 Å². The zero-order chi connectivity index (χ0) is 15.2. The molecular weight excluding hydrogens is 280 g/mol. The van der Waals surface area contributed by atoms with Gasteiger partial charge in [0.15, 0.2) is 0 Å². The lowest BCUT2D eigenvalue weighted by Crippen LogP contribution is -2.32. The SMILES string of the molecule is CC(C)C1CCC(C(=O)O)C(CCSc2ccccc2)C1. The van der Waals surface area contributed by atoms with E-state index >= 15 is 0 Å². The maximum absolute atomic E-state index is 11.5. The van der Waals surface area contributed by atoms with Crippen molar-refractivity contribution < 1.29 is 9.90 Å². The molecule has 0 amide bonds. The van der Waals surface area contributed by atoms with Crippen LogP contribution in [0.2, 0.25) is 0 Å². The van der Waals surface area contributed by atoms with Crippen LogP contribution in [-0.2, 0) is 4.79 Å². The second kappa shape index (κ2) is 7.88. The number of rotatable bonds is 6. The van der Waals surface area contributed by atoms with Crippen molar-refractivity contribution in [3.63, 3.8) is 0 Å². The van der Waals surface area contributed by atoms with Gasteiger partial charge in [-0.25, -0.2) is 0 Å². The highest BCUT2D eigenvalue weighted by atomic mass is 32.2. The number of carboxylic acids is 1. The molecule has 0 radical (unpaired) electrons. The molecule has 2 nitrogen and oxygen atoms in total. The van der Waals surface area contributed by atoms with Gasteiger partial charge in [-0.05, 0) is 61.3 Å². The molecular formula is C18H26O2S. The van der Waals surface area contributed by atoms with Crippen molar-refractivity contribution in [2.75, 3.05) is 5.75 Å². The second-order valence-electron chi connectivity index (χ2n) is 6.47. The minimum atomic E-state index is -0.591.